The lowest BCUT2D eigenvalue weighted by molar-refractivity contribution is 0.229. The molecule has 2 N–H and O–H groups in total. The van der Waals surface area contributed by atoms with Gasteiger partial charge in [-0.05, 0) is 38.8 Å². The Hall–Kier alpha value is -0.870. The zero-order valence-corrected chi connectivity index (χ0v) is 11.1. The van der Waals surface area contributed by atoms with Crippen molar-refractivity contribution >= 4 is 0 Å². The van der Waals surface area contributed by atoms with Gasteiger partial charge in [-0.1, -0.05) is 6.42 Å². The molecule has 0 aromatic carbocycles. The van der Waals surface area contributed by atoms with Gasteiger partial charge in [0.25, 0.3) is 0 Å². The molecule has 4 nitrogen and oxygen atoms in total. The van der Waals surface area contributed by atoms with Crippen LogP contribution in [-0.4, -0.2) is 40.1 Å². The molecule has 0 bridgehead atoms. The van der Waals surface area contributed by atoms with Crippen molar-refractivity contribution in [3.05, 3.63) is 17.7 Å². The van der Waals surface area contributed by atoms with Crippen LogP contribution in [0.4, 0.5) is 0 Å². The highest BCUT2D eigenvalue weighted by molar-refractivity contribution is 5.09. The van der Waals surface area contributed by atoms with Crippen LogP contribution in [0.5, 0.6) is 0 Å². The molecule has 0 amide bonds. The molecule has 1 fully saturated rings. The Bertz CT molecular complexity index is 392. The lowest BCUT2D eigenvalue weighted by Crippen LogP contribution is -2.34. The molecule has 0 saturated carbocycles. The number of likely N-dealkylation sites (tertiary alicyclic amines) is 1. The van der Waals surface area contributed by atoms with Gasteiger partial charge in [0.1, 0.15) is 5.82 Å². The summed E-state index contributed by atoms with van der Waals surface area (Å²) in [5.74, 6) is 1.24. The van der Waals surface area contributed by atoms with Gasteiger partial charge in [-0.25, -0.2) is 4.98 Å². The molecule has 1 aromatic heterocycles. The Morgan fingerprint density at radius 1 is 1.28 bits per heavy atom. The van der Waals surface area contributed by atoms with Gasteiger partial charge >= 0.3 is 0 Å². The number of aryl methyl sites for hydroxylation is 1. The first-order valence-electron chi connectivity index (χ1n) is 7.34. The molecular weight excluding hydrogens is 224 g/mol. The molecule has 1 saturated heterocycles. The Morgan fingerprint density at radius 2 is 2.11 bits per heavy atom. The van der Waals surface area contributed by atoms with Crippen molar-refractivity contribution in [2.45, 2.75) is 51.1 Å². The van der Waals surface area contributed by atoms with Crippen molar-refractivity contribution < 1.29 is 0 Å². The van der Waals surface area contributed by atoms with Crippen LogP contribution in [-0.2, 0) is 19.4 Å². The molecule has 1 atom stereocenters. The second kappa shape index (κ2) is 5.41. The minimum Gasteiger partial charge on any atom is -0.330 e. The molecule has 18 heavy (non-hydrogen) atoms. The van der Waals surface area contributed by atoms with E-state index in [0.717, 1.165) is 32.4 Å². The monoisotopic (exact) mass is 248 g/mol. The summed E-state index contributed by atoms with van der Waals surface area (Å²) < 4.78 is 2.36. The molecular formula is C14H24N4. The first-order chi connectivity index (χ1) is 8.83. The van der Waals surface area contributed by atoms with Gasteiger partial charge in [-0.3, -0.25) is 0 Å². The van der Waals surface area contributed by atoms with Crippen LogP contribution in [0, 0.1) is 0 Å². The van der Waals surface area contributed by atoms with E-state index in [-0.39, 0.29) is 0 Å². The highest BCUT2D eigenvalue weighted by Crippen LogP contribution is 2.17. The van der Waals surface area contributed by atoms with Crippen molar-refractivity contribution in [1.29, 1.82) is 0 Å². The van der Waals surface area contributed by atoms with Crippen LogP contribution in [0.1, 0.15) is 37.2 Å². The SMILES string of the molecule is NC1CCc2cnc(CCN3CCCCC3)n2C1. The van der Waals surface area contributed by atoms with Gasteiger partial charge in [0, 0.05) is 37.4 Å². The van der Waals surface area contributed by atoms with Crippen molar-refractivity contribution in [3.63, 3.8) is 0 Å². The number of piperidine rings is 1. The molecule has 0 radical (unpaired) electrons. The summed E-state index contributed by atoms with van der Waals surface area (Å²) in [5.41, 5.74) is 7.44. The van der Waals surface area contributed by atoms with Crippen LogP contribution >= 0.6 is 0 Å². The van der Waals surface area contributed by atoms with Crippen LogP contribution in [0.25, 0.3) is 0 Å². The van der Waals surface area contributed by atoms with Crippen LogP contribution in [0.15, 0.2) is 6.20 Å². The Labute approximate surface area is 109 Å². The van der Waals surface area contributed by atoms with Gasteiger partial charge in [-0.15, -0.1) is 0 Å². The smallest absolute Gasteiger partial charge is 0.110 e. The van der Waals surface area contributed by atoms with Crippen LogP contribution in [0.3, 0.4) is 0 Å². The Morgan fingerprint density at radius 3 is 2.94 bits per heavy atom. The molecule has 3 rings (SSSR count). The third-order valence-corrected chi connectivity index (χ3v) is 4.31. The number of aromatic nitrogens is 2. The molecule has 2 aliphatic rings. The molecule has 1 unspecified atom stereocenters. The third-order valence-electron chi connectivity index (χ3n) is 4.31. The van der Waals surface area contributed by atoms with E-state index in [1.165, 1.54) is 43.9 Å². The number of nitrogens with two attached hydrogens (primary N) is 1. The van der Waals surface area contributed by atoms with E-state index in [4.69, 9.17) is 5.73 Å². The maximum Gasteiger partial charge on any atom is 0.110 e. The molecule has 0 spiro atoms. The molecule has 4 heteroatoms. The average Bonchev–Trinajstić information content (AvgIpc) is 2.80. The summed E-state index contributed by atoms with van der Waals surface area (Å²) in [6, 6.07) is 0.320. The Balaban J connectivity index is 1.61. The number of fused-ring (bicyclic) bond motifs is 1. The fourth-order valence-electron chi connectivity index (χ4n) is 3.18. The van der Waals surface area contributed by atoms with E-state index in [9.17, 15) is 0 Å². The summed E-state index contributed by atoms with van der Waals surface area (Å²) in [5, 5.41) is 0. The molecule has 0 aliphatic carbocycles. The van der Waals surface area contributed by atoms with Crippen molar-refractivity contribution in [3.8, 4) is 0 Å². The van der Waals surface area contributed by atoms with Crippen LogP contribution < -0.4 is 5.73 Å². The zero-order valence-electron chi connectivity index (χ0n) is 11.1. The summed E-state index contributed by atoms with van der Waals surface area (Å²) in [6.07, 6.45) is 9.47. The van der Waals surface area contributed by atoms with E-state index >= 15 is 0 Å². The summed E-state index contributed by atoms with van der Waals surface area (Å²) >= 11 is 0. The summed E-state index contributed by atoms with van der Waals surface area (Å²) in [6.45, 7) is 4.66. The normalized spacial score (nSPS) is 25.1. The summed E-state index contributed by atoms with van der Waals surface area (Å²) in [7, 11) is 0. The Kier molecular flexibility index (Phi) is 3.66. The molecule has 100 valence electrons. The second-order valence-electron chi connectivity index (χ2n) is 5.73. The largest absolute Gasteiger partial charge is 0.330 e. The lowest BCUT2D eigenvalue weighted by Gasteiger charge is -2.27. The highest BCUT2D eigenvalue weighted by atomic mass is 15.1. The van der Waals surface area contributed by atoms with Crippen LogP contribution in [0.2, 0.25) is 0 Å². The van der Waals surface area contributed by atoms with E-state index in [0.29, 0.717) is 6.04 Å². The maximum atomic E-state index is 6.06. The number of rotatable bonds is 3. The van der Waals surface area contributed by atoms with Crippen molar-refractivity contribution in [2.75, 3.05) is 19.6 Å². The third kappa shape index (κ3) is 2.59. The van der Waals surface area contributed by atoms with E-state index in [1.807, 2.05) is 0 Å². The first-order valence-corrected chi connectivity index (χ1v) is 7.34. The van der Waals surface area contributed by atoms with Gasteiger partial charge in [-0.2, -0.15) is 0 Å². The highest BCUT2D eigenvalue weighted by Gasteiger charge is 2.19. The quantitative estimate of drug-likeness (QED) is 0.874. The summed E-state index contributed by atoms with van der Waals surface area (Å²) in [4.78, 5) is 7.17. The maximum absolute atomic E-state index is 6.06. The fourth-order valence-corrected chi connectivity index (χ4v) is 3.18. The fraction of sp³-hybridized carbons (Fsp3) is 0.786. The lowest BCUT2D eigenvalue weighted by atomic mass is 10.1. The van der Waals surface area contributed by atoms with Gasteiger partial charge in [0.15, 0.2) is 0 Å². The minimum atomic E-state index is 0.320. The average molecular weight is 248 g/mol. The molecule has 3 heterocycles. The predicted molar refractivity (Wildman–Crippen MR) is 72.5 cm³/mol. The zero-order chi connectivity index (χ0) is 12.4. The predicted octanol–water partition coefficient (Wildman–Crippen LogP) is 1.18. The standard InChI is InChI=1S/C14H24N4/c15-12-4-5-13-10-16-14(18(13)11-12)6-9-17-7-2-1-3-8-17/h10,12H,1-9,11,15H2. The second-order valence-corrected chi connectivity index (χ2v) is 5.73. The number of nitrogens with zero attached hydrogens (tertiary/aromatic N) is 3. The molecule has 2 aliphatic heterocycles. The van der Waals surface area contributed by atoms with E-state index in [2.05, 4.69) is 20.6 Å². The van der Waals surface area contributed by atoms with Crippen molar-refractivity contribution in [2.24, 2.45) is 5.73 Å². The van der Waals surface area contributed by atoms with Gasteiger partial charge < -0.3 is 15.2 Å². The van der Waals surface area contributed by atoms with Crippen molar-refractivity contribution in [1.82, 2.24) is 14.5 Å². The molecule has 1 aromatic rings. The number of imidazole rings is 1. The topological polar surface area (TPSA) is 47.1 Å². The van der Waals surface area contributed by atoms with E-state index < -0.39 is 0 Å². The van der Waals surface area contributed by atoms with E-state index in [1.54, 1.807) is 0 Å². The van der Waals surface area contributed by atoms with Gasteiger partial charge in [0.2, 0.25) is 0 Å². The minimum absolute atomic E-state index is 0.320. The number of hydrogen-bond donors (Lipinski definition) is 1. The first kappa shape index (κ1) is 12.2. The van der Waals surface area contributed by atoms with Gasteiger partial charge in [0.05, 0.1) is 0 Å². The number of hydrogen-bond acceptors (Lipinski definition) is 3.